The molecule has 0 saturated carbocycles. The van der Waals surface area contributed by atoms with E-state index >= 15 is 0 Å². The van der Waals surface area contributed by atoms with Gasteiger partial charge in [0.1, 0.15) is 0 Å². The van der Waals surface area contributed by atoms with Gasteiger partial charge in [-0.3, -0.25) is 4.79 Å². The first-order valence-electron chi connectivity index (χ1n) is 3.88. The number of hydrogen-bond donors (Lipinski definition) is 0. The smallest absolute Gasteiger partial charge is 0.195 e. The third kappa shape index (κ3) is 2.77. The SMILES string of the molecule is N#CC(C#N)C(=O)c1cc(Br)ccc1I. The predicted octanol–water partition coefficient (Wildman–Crippen LogP) is 2.90. The van der Waals surface area contributed by atoms with Crippen LogP contribution in [0.2, 0.25) is 0 Å². The maximum Gasteiger partial charge on any atom is 0.195 e. The molecule has 0 aromatic heterocycles. The highest BCUT2D eigenvalue weighted by Crippen LogP contribution is 2.21. The summed E-state index contributed by atoms with van der Waals surface area (Å²) in [4.78, 5) is 11.7. The summed E-state index contributed by atoms with van der Waals surface area (Å²) in [6.45, 7) is 0. The molecule has 74 valence electrons. The second kappa shape index (κ2) is 5.24. The van der Waals surface area contributed by atoms with Crippen molar-refractivity contribution in [3.05, 3.63) is 31.8 Å². The van der Waals surface area contributed by atoms with E-state index in [1.807, 2.05) is 22.6 Å². The van der Waals surface area contributed by atoms with Crippen LogP contribution in [0, 0.1) is 32.2 Å². The van der Waals surface area contributed by atoms with E-state index in [4.69, 9.17) is 10.5 Å². The molecule has 1 rings (SSSR count). The Labute approximate surface area is 109 Å². The molecule has 0 saturated heterocycles. The molecule has 0 unspecified atom stereocenters. The Balaban J connectivity index is 3.18. The van der Waals surface area contributed by atoms with Gasteiger partial charge in [0.05, 0.1) is 12.1 Å². The molecule has 0 atom stereocenters. The Morgan fingerprint density at radius 3 is 2.53 bits per heavy atom. The van der Waals surface area contributed by atoms with E-state index in [-0.39, 0.29) is 0 Å². The van der Waals surface area contributed by atoms with Crippen LogP contribution in [0.3, 0.4) is 0 Å². The number of nitrogens with zero attached hydrogens (tertiary/aromatic N) is 2. The lowest BCUT2D eigenvalue weighted by Crippen LogP contribution is -2.12. The van der Waals surface area contributed by atoms with Gasteiger partial charge in [0.25, 0.3) is 0 Å². The second-order valence-electron chi connectivity index (χ2n) is 2.68. The zero-order chi connectivity index (χ0) is 11.4. The predicted molar refractivity (Wildman–Crippen MR) is 65.9 cm³/mol. The molecule has 0 spiro atoms. The summed E-state index contributed by atoms with van der Waals surface area (Å²) >= 11 is 5.23. The molecule has 0 N–H and O–H groups in total. The Morgan fingerprint density at radius 2 is 2.00 bits per heavy atom. The summed E-state index contributed by atoms with van der Waals surface area (Å²) in [6, 6.07) is 8.50. The summed E-state index contributed by atoms with van der Waals surface area (Å²) < 4.78 is 1.48. The van der Waals surface area contributed by atoms with E-state index in [1.54, 1.807) is 30.3 Å². The molecule has 0 aliphatic heterocycles. The Bertz CT molecular complexity index is 473. The van der Waals surface area contributed by atoms with Gasteiger partial charge >= 0.3 is 0 Å². The van der Waals surface area contributed by atoms with Gasteiger partial charge in [-0.25, -0.2) is 0 Å². The Kier molecular flexibility index (Phi) is 4.25. The van der Waals surface area contributed by atoms with Crippen LogP contribution in [0.4, 0.5) is 0 Å². The fourth-order valence-corrected chi connectivity index (χ4v) is 1.95. The van der Waals surface area contributed by atoms with E-state index in [1.165, 1.54) is 0 Å². The number of nitriles is 2. The lowest BCUT2D eigenvalue weighted by molar-refractivity contribution is 0.0970. The topological polar surface area (TPSA) is 64.7 Å². The minimum absolute atomic E-state index is 0.401. The molecule has 0 aliphatic rings. The number of carbonyl (C=O) groups excluding carboxylic acids is 1. The summed E-state index contributed by atoms with van der Waals surface area (Å²) in [5, 5.41) is 17.2. The molecule has 0 bridgehead atoms. The molecular weight excluding hydrogens is 371 g/mol. The fraction of sp³-hybridized carbons (Fsp3) is 0.100. The normalized spacial score (nSPS) is 9.40. The number of rotatable bonds is 2. The first-order chi connectivity index (χ1) is 7.10. The van der Waals surface area contributed by atoms with Gasteiger partial charge in [0.15, 0.2) is 11.7 Å². The minimum Gasteiger partial charge on any atom is -0.291 e. The first kappa shape index (κ1) is 12.2. The molecule has 0 amide bonds. The van der Waals surface area contributed by atoms with E-state index in [2.05, 4.69) is 15.9 Å². The third-order valence-corrected chi connectivity index (χ3v) is 3.15. The maximum absolute atomic E-state index is 11.7. The molecule has 3 nitrogen and oxygen atoms in total. The van der Waals surface area contributed by atoms with Crippen LogP contribution in [0.25, 0.3) is 0 Å². The zero-order valence-corrected chi connectivity index (χ0v) is 11.1. The highest BCUT2D eigenvalue weighted by molar-refractivity contribution is 14.1. The van der Waals surface area contributed by atoms with E-state index < -0.39 is 11.7 Å². The van der Waals surface area contributed by atoms with Gasteiger partial charge < -0.3 is 0 Å². The van der Waals surface area contributed by atoms with E-state index in [0.29, 0.717) is 5.56 Å². The van der Waals surface area contributed by atoms with Crippen LogP contribution in [-0.2, 0) is 0 Å². The van der Waals surface area contributed by atoms with Crippen molar-refractivity contribution < 1.29 is 4.79 Å². The van der Waals surface area contributed by atoms with Crippen molar-refractivity contribution in [1.82, 2.24) is 0 Å². The molecule has 0 aliphatic carbocycles. The lowest BCUT2D eigenvalue weighted by Gasteiger charge is -2.03. The Morgan fingerprint density at radius 1 is 1.40 bits per heavy atom. The standard InChI is InChI=1S/C10H4BrIN2O/c11-7-1-2-9(12)8(3-7)10(15)6(4-13)5-14/h1-3,6H. The molecular formula is C10H4BrIN2O. The van der Waals surface area contributed by atoms with Gasteiger partial charge in [-0.1, -0.05) is 15.9 Å². The quantitative estimate of drug-likeness (QED) is 0.590. The molecule has 5 heteroatoms. The second-order valence-corrected chi connectivity index (χ2v) is 4.76. The van der Waals surface area contributed by atoms with Crippen LogP contribution < -0.4 is 0 Å². The van der Waals surface area contributed by atoms with Crippen molar-refractivity contribution in [1.29, 1.82) is 10.5 Å². The van der Waals surface area contributed by atoms with E-state index in [9.17, 15) is 4.79 Å². The number of Topliss-reactive ketones (excluding diaryl/α,β-unsaturated/α-hetero) is 1. The molecule has 1 aromatic carbocycles. The van der Waals surface area contributed by atoms with Gasteiger partial charge in [-0.05, 0) is 40.8 Å². The molecule has 15 heavy (non-hydrogen) atoms. The number of carbonyl (C=O) groups is 1. The average molecular weight is 375 g/mol. The summed E-state index contributed by atoms with van der Waals surface area (Å²) in [5.74, 6) is -1.68. The van der Waals surface area contributed by atoms with Gasteiger partial charge in [0.2, 0.25) is 0 Å². The maximum atomic E-state index is 11.7. The van der Waals surface area contributed by atoms with Crippen LogP contribution in [-0.4, -0.2) is 5.78 Å². The summed E-state index contributed by atoms with van der Waals surface area (Å²) in [5.41, 5.74) is 0.401. The van der Waals surface area contributed by atoms with Crippen molar-refractivity contribution in [2.24, 2.45) is 5.92 Å². The van der Waals surface area contributed by atoms with Crippen molar-refractivity contribution in [2.75, 3.05) is 0 Å². The highest BCUT2D eigenvalue weighted by Gasteiger charge is 2.21. The van der Waals surface area contributed by atoms with E-state index in [0.717, 1.165) is 8.04 Å². The van der Waals surface area contributed by atoms with Crippen molar-refractivity contribution >= 4 is 44.3 Å². The van der Waals surface area contributed by atoms with Gasteiger partial charge in [-0.15, -0.1) is 0 Å². The third-order valence-electron chi connectivity index (χ3n) is 1.71. The van der Waals surface area contributed by atoms with Crippen molar-refractivity contribution in [3.63, 3.8) is 0 Å². The van der Waals surface area contributed by atoms with Crippen molar-refractivity contribution in [2.45, 2.75) is 0 Å². The lowest BCUT2D eigenvalue weighted by atomic mass is 10.0. The van der Waals surface area contributed by atoms with Crippen LogP contribution in [0.5, 0.6) is 0 Å². The summed E-state index contributed by atoms with van der Waals surface area (Å²) in [6.07, 6.45) is 0. The first-order valence-corrected chi connectivity index (χ1v) is 5.76. The Hall–Kier alpha value is -0.920. The number of ketones is 1. The molecule has 1 aromatic rings. The highest BCUT2D eigenvalue weighted by atomic mass is 127. The molecule has 0 radical (unpaired) electrons. The summed E-state index contributed by atoms with van der Waals surface area (Å²) in [7, 11) is 0. The fourth-order valence-electron chi connectivity index (χ4n) is 0.988. The number of halogens is 2. The van der Waals surface area contributed by atoms with Crippen molar-refractivity contribution in [3.8, 4) is 12.1 Å². The van der Waals surface area contributed by atoms with Crippen LogP contribution >= 0.6 is 38.5 Å². The largest absolute Gasteiger partial charge is 0.291 e. The van der Waals surface area contributed by atoms with Crippen LogP contribution in [0.15, 0.2) is 22.7 Å². The zero-order valence-electron chi connectivity index (χ0n) is 7.37. The average Bonchev–Trinajstić information content (AvgIpc) is 2.23. The molecule has 0 heterocycles. The number of benzene rings is 1. The number of hydrogen-bond acceptors (Lipinski definition) is 3. The molecule has 0 fully saturated rings. The van der Waals surface area contributed by atoms with Gasteiger partial charge in [0, 0.05) is 13.6 Å². The monoisotopic (exact) mass is 374 g/mol. The minimum atomic E-state index is -1.23. The van der Waals surface area contributed by atoms with Gasteiger partial charge in [-0.2, -0.15) is 10.5 Å². The van der Waals surface area contributed by atoms with Crippen LogP contribution in [0.1, 0.15) is 10.4 Å².